The van der Waals surface area contributed by atoms with Gasteiger partial charge in [-0.2, -0.15) is 0 Å². The molecule has 0 heterocycles. The van der Waals surface area contributed by atoms with E-state index in [9.17, 15) is 9.90 Å². The fraction of sp³-hybridized carbons (Fsp3) is 0.533. The first kappa shape index (κ1) is 17.6. The van der Waals surface area contributed by atoms with Crippen LogP contribution in [-0.2, 0) is 11.3 Å². The molecule has 0 aliphatic carbocycles. The second-order valence-electron chi connectivity index (χ2n) is 5.18. The average molecular weight is 316 g/mol. The molecule has 6 heteroatoms. The summed E-state index contributed by atoms with van der Waals surface area (Å²) in [6.45, 7) is 4.32. The summed E-state index contributed by atoms with van der Waals surface area (Å²) in [6.07, 6.45) is 0.556. The number of carbonyl (C=O) groups is 1. The minimum atomic E-state index is -0.861. The Morgan fingerprint density at radius 3 is 2.48 bits per heavy atom. The van der Waals surface area contributed by atoms with Crippen molar-refractivity contribution in [1.29, 1.82) is 0 Å². The van der Waals surface area contributed by atoms with Crippen molar-refractivity contribution in [3.8, 4) is 11.5 Å². The molecule has 0 fully saturated rings. The van der Waals surface area contributed by atoms with E-state index in [1.807, 2.05) is 13.8 Å². The largest absolute Gasteiger partial charge is 0.493 e. The maximum Gasteiger partial charge on any atom is 0.320 e. The van der Waals surface area contributed by atoms with Gasteiger partial charge in [0.2, 0.25) is 0 Å². The van der Waals surface area contributed by atoms with E-state index in [-0.39, 0.29) is 0 Å². The maximum atomic E-state index is 11.2. The van der Waals surface area contributed by atoms with E-state index in [1.165, 1.54) is 14.2 Å². The van der Waals surface area contributed by atoms with Gasteiger partial charge < -0.3 is 19.9 Å². The number of nitrogens with one attached hydrogen (secondary N) is 1. The molecule has 0 saturated heterocycles. The van der Waals surface area contributed by atoms with Crippen molar-refractivity contribution in [3.63, 3.8) is 0 Å². The first-order valence-corrected chi connectivity index (χ1v) is 7.14. The predicted molar refractivity (Wildman–Crippen MR) is 82.3 cm³/mol. The quantitative estimate of drug-likeness (QED) is 0.772. The molecular formula is C15H22ClNO4. The highest BCUT2D eigenvalue weighted by Crippen LogP contribution is 2.37. The van der Waals surface area contributed by atoms with Gasteiger partial charge in [-0.15, -0.1) is 0 Å². The molecule has 1 rings (SSSR count). The Morgan fingerprint density at radius 2 is 2.00 bits per heavy atom. The van der Waals surface area contributed by atoms with Gasteiger partial charge in [-0.3, -0.25) is 4.79 Å². The van der Waals surface area contributed by atoms with Crippen molar-refractivity contribution in [2.75, 3.05) is 14.2 Å². The van der Waals surface area contributed by atoms with Gasteiger partial charge in [-0.1, -0.05) is 31.5 Å². The lowest BCUT2D eigenvalue weighted by atomic mass is 10.0. The number of hydrogen-bond acceptors (Lipinski definition) is 4. The zero-order valence-corrected chi connectivity index (χ0v) is 13.5. The van der Waals surface area contributed by atoms with Crippen LogP contribution in [0, 0.1) is 5.92 Å². The molecule has 1 atom stereocenters. The van der Waals surface area contributed by atoms with E-state index in [4.69, 9.17) is 21.1 Å². The fourth-order valence-electron chi connectivity index (χ4n) is 2.04. The van der Waals surface area contributed by atoms with Crippen molar-refractivity contribution in [3.05, 3.63) is 22.7 Å². The normalized spacial score (nSPS) is 12.3. The molecule has 0 aromatic heterocycles. The molecule has 1 aromatic rings. The Hall–Kier alpha value is -1.46. The minimum absolute atomic E-state index is 0.291. The van der Waals surface area contributed by atoms with Crippen molar-refractivity contribution in [1.82, 2.24) is 5.32 Å². The number of benzene rings is 1. The molecule has 0 spiro atoms. The van der Waals surface area contributed by atoms with Gasteiger partial charge in [0.05, 0.1) is 19.2 Å². The van der Waals surface area contributed by atoms with Crippen LogP contribution < -0.4 is 14.8 Å². The minimum Gasteiger partial charge on any atom is -0.493 e. The van der Waals surface area contributed by atoms with Crippen LogP contribution in [0.2, 0.25) is 5.02 Å². The van der Waals surface area contributed by atoms with Crippen LogP contribution in [-0.4, -0.2) is 31.3 Å². The summed E-state index contributed by atoms with van der Waals surface area (Å²) >= 11 is 6.27. The summed E-state index contributed by atoms with van der Waals surface area (Å²) in [5.74, 6) is 0.428. The SMILES string of the molecule is COc1ccc(CN[C@@H](CC(C)C)C(=O)O)c(Cl)c1OC. The summed E-state index contributed by atoms with van der Waals surface area (Å²) in [5.41, 5.74) is 0.768. The summed E-state index contributed by atoms with van der Waals surface area (Å²) < 4.78 is 10.4. The molecule has 0 unspecified atom stereocenters. The first-order chi connectivity index (χ1) is 9.90. The van der Waals surface area contributed by atoms with Gasteiger partial charge in [-0.25, -0.2) is 0 Å². The van der Waals surface area contributed by atoms with Crippen molar-refractivity contribution in [2.45, 2.75) is 32.9 Å². The number of halogens is 1. The molecule has 0 radical (unpaired) electrons. The second-order valence-corrected chi connectivity index (χ2v) is 5.55. The number of rotatable bonds is 8. The van der Waals surface area contributed by atoms with Gasteiger partial charge in [-0.05, 0) is 24.0 Å². The van der Waals surface area contributed by atoms with E-state index in [1.54, 1.807) is 12.1 Å². The summed E-state index contributed by atoms with van der Waals surface area (Å²) in [4.78, 5) is 11.2. The summed E-state index contributed by atoms with van der Waals surface area (Å²) in [5, 5.41) is 12.7. The fourth-order valence-corrected chi connectivity index (χ4v) is 2.34. The highest BCUT2D eigenvalue weighted by atomic mass is 35.5. The molecular weight excluding hydrogens is 294 g/mol. The molecule has 0 bridgehead atoms. The summed E-state index contributed by atoms with van der Waals surface area (Å²) in [7, 11) is 3.05. The van der Waals surface area contributed by atoms with Crippen LogP contribution >= 0.6 is 11.6 Å². The number of carboxylic acids is 1. The molecule has 5 nitrogen and oxygen atoms in total. The van der Waals surface area contributed by atoms with Crippen molar-refractivity contribution >= 4 is 17.6 Å². The first-order valence-electron chi connectivity index (χ1n) is 6.76. The molecule has 1 aromatic carbocycles. The number of ether oxygens (including phenoxy) is 2. The third-order valence-corrected chi connectivity index (χ3v) is 3.52. The van der Waals surface area contributed by atoms with E-state index in [0.717, 1.165) is 5.56 Å². The third kappa shape index (κ3) is 4.79. The number of carboxylic acid groups (broad SMARTS) is 1. The monoisotopic (exact) mass is 315 g/mol. The molecule has 21 heavy (non-hydrogen) atoms. The highest BCUT2D eigenvalue weighted by molar-refractivity contribution is 6.33. The molecule has 118 valence electrons. The van der Waals surface area contributed by atoms with E-state index in [0.29, 0.717) is 35.4 Å². The number of aliphatic carboxylic acids is 1. The van der Waals surface area contributed by atoms with Gasteiger partial charge in [0, 0.05) is 6.54 Å². The second kappa shape index (κ2) is 8.10. The molecule has 2 N–H and O–H groups in total. The Kier molecular flexibility index (Phi) is 6.78. The predicted octanol–water partition coefficient (Wildman–Crippen LogP) is 2.95. The Morgan fingerprint density at radius 1 is 1.33 bits per heavy atom. The summed E-state index contributed by atoms with van der Waals surface area (Å²) in [6, 6.07) is 2.94. The van der Waals surface area contributed by atoms with E-state index < -0.39 is 12.0 Å². The number of methoxy groups -OCH3 is 2. The van der Waals surface area contributed by atoms with Gasteiger partial charge in [0.1, 0.15) is 6.04 Å². The van der Waals surface area contributed by atoms with E-state index >= 15 is 0 Å². The molecule has 0 aliphatic rings. The molecule has 0 amide bonds. The van der Waals surface area contributed by atoms with Crippen LogP contribution in [0.15, 0.2) is 12.1 Å². The Bertz CT molecular complexity index is 491. The Balaban J connectivity index is 2.85. The van der Waals surface area contributed by atoms with Gasteiger partial charge >= 0.3 is 5.97 Å². The van der Waals surface area contributed by atoms with Crippen LogP contribution in [0.5, 0.6) is 11.5 Å². The molecule has 0 saturated carbocycles. The lowest BCUT2D eigenvalue weighted by Crippen LogP contribution is -2.37. The third-order valence-electron chi connectivity index (χ3n) is 3.11. The highest BCUT2D eigenvalue weighted by Gasteiger charge is 2.19. The van der Waals surface area contributed by atoms with Gasteiger partial charge in [0.15, 0.2) is 11.5 Å². The zero-order chi connectivity index (χ0) is 16.0. The Labute approximate surface area is 130 Å². The average Bonchev–Trinajstić information content (AvgIpc) is 2.43. The lowest BCUT2D eigenvalue weighted by Gasteiger charge is -2.18. The number of hydrogen-bond donors (Lipinski definition) is 2. The zero-order valence-electron chi connectivity index (χ0n) is 12.8. The van der Waals surface area contributed by atoms with Crippen molar-refractivity contribution in [2.24, 2.45) is 5.92 Å². The maximum absolute atomic E-state index is 11.2. The van der Waals surface area contributed by atoms with Crippen LogP contribution in [0.1, 0.15) is 25.8 Å². The smallest absolute Gasteiger partial charge is 0.320 e. The van der Waals surface area contributed by atoms with Crippen molar-refractivity contribution < 1.29 is 19.4 Å². The molecule has 0 aliphatic heterocycles. The van der Waals surface area contributed by atoms with E-state index in [2.05, 4.69) is 5.32 Å². The van der Waals surface area contributed by atoms with Crippen LogP contribution in [0.3, 0.4) is 0 Å². The van der Waals surface area contributed by atoms with Crippen LogP contribution in [0.25, 0.3) is 0 Å². The van der Waals surface area contributed by atoms with Gasteiger partial charge in [0.25, 0.3) is 0 Å². The van der Waals surface area contributed by atoms with Crippen LogP contribution in [0.4, 0.5) is 0 Å². The standard InChI is InChI=1S/C15H22ClNO4/c1-9(2)7-11(15(18)19)17-8-10-5-6-12(20-3)14(21-4)13(10)16/h5-6,9,11,17H,7-8H2,1-4H3,(H,18,19)/t11-/m0/s1. The lowest BCUT2D eigenvalue weighted by molar-refractivity contribution is -0.140. The topological polar surface area (TPSA) is 67.8 Å².